The van der Waals surface area contributed by atoms with E-state index in [1.165, 1.54) is 0 Å². The zero-order valence-corrected chi connectivity index (χ0v) is 18.2. The Balaban J connectivity index is 1.38. The van der Waals surface area contributed by atoms with E-state index < -0.39 is 48.2 Å². The number of hydrogen-bond donors (Lipinski definition) is 2. The zero-order valence-electron chi connectivity index (χ0n) is 18.2. The van der Waals surface area contributed by atoms with Crippen molar-refractivity contribution < 1.29 is 38.0 Å². The van der Waals surface area contributed by atoms with Gasteiger partial charge >= 0.3 is 0 Å². The first-order chi connectivity index (χ1) is 14.6. The highest BCUT2D eigenvalue weighted by Crippen LogP contribution is 2.44. The molecule has 0 bridgehead atoms. The molecule has 3 aliphatic heterocycles. The van der Waals surface area contributed by atoms with Crippen LogP contribution >= 0.6 is 0 Å². The Morgan fingerprint density at radius 1 is 0.935 bits per heavy atom. The van der Waals surface area contributed by atoms with Crippen LogP contribution in [0.3, 0.4) is 0 Å². The van der Waals surface area contributed by atoms with Gasteiger partial charge < -0.3 is 39.1 Å². The van der Waals surface area contributed by atoms with Gasteiger partial charge in [0.1, 0.15) is 24.1 Å². The highest BCUT2D eigenvalue weighted by Gasteiger charge is 2.62. The average Bonchev–Trinajstić information content (AvgIpc) is 3.19. The molecule has 0 aliphatic carbocycles. The minimum Gasteiger partial charge on any atom is -0.497 e. The minimum atomic E-state index is -1.01. The number of amides is 2. The van der Waals surface area contributed by atoms with Crippen molar-refractivity contribution in [1.29, 1.82) is 0 Å². The molecule has 1 unspecified atom stereocenters. The summed E-state index contributed by atoms with van der Waals surface area (Å²) >= 11 is 0. The third-order valence-electron chi connectivity index (χ3n) is 5.21. The van der Waals surface area contributed by atoms with Crippen LogP contribution in [0.25, 0.3) is 0 Å². The Labute approximate surface area is 180 Å². The van der Waals surface area contributed by atoms with E-state index in [1.807, 2.05) is 0 Å². The molecule has 3 fully saturated rings. The van der Waals surface area contributed by atoms with Crippen molar-refractivity contribution in [3.63, 3.8) is 0 Å². The molecule has 3 aliphatic rings. The van der Waals surface area contributed by atoms with Crippen LogP contribution in [0.1, 0.15) is 27.7 Å². The van der Waals surface area contributed by atoms with Gasteiger partial charge in [-0.25, -0.2) is 0 Å². The minimum absolute atomic E-state index is 0.233. The lowest BCUT2D eigenvalue weighted by molar-refractivity contribution is -0.231. The van der Waals surface area contributed by atoms with Crippen LogP contribution in [-0.4, -0.2) is 67.7 Å². The Morgan fingerprint density at radius 3 is 2.23 bits per heavy atom. The second-order valence-corrected chi connectivity index (χ2v) is 8.58. The van der Waals surface area contributed by atoms with Gasteiger partial charge in [-0.15, -0.1) is 0 Å². The van der Waals surface area contributed by atoms with E-state index in [1.54, 1.807) is 59.1 Å². The fourth-order valence-corrected chi connectivity index (χ4v) is 3.97. The molecule has 1 aromatic carbocycles. The number of carbonyl (C=O) groups excluding carboxylic acids is 2. The van der Waals surface area contributed by atoms with E-state index in [2.05, 4.69) is 10.6 Å². The van der Waals surface area contributed by atoms with Crippen LogP contribution in [-0.2, 0) is 33.3 Å². The van der Waals surface area contributed by atoms with E-state index in [0.29, 0.717) is 11.4 Å². The van der Waals surface area contributed by atoms with Gasteiger partial charge in [-0.3, -0.25) is 9.59 Å². The van der Waals surface area contributed by atoms with E-state index in [-0.39, 0.29) is 12.5 Å². The van der Waals surface area contributed by atoms with E-state index in [0.717, 1.165) is 0 Å². The number of carbonyl (C=O) groups is 2. The third-order valence-corrected chi connectivity index (χ3v) is 5.21. The number of hydrogen-bond acceptors (Lipinski definition) is 8. The number of benzene rings is 1. The van der Waals surface area contributed by atoms with Crippen molar-refractivity contribution in [2.45, 2.75) is 70.0 Å². The monoisotopic (exact) mass is 436 g/mol. The molecule has 2 N–H and O–H groups in total. The van der Waals surface area contributed by atoms with E-state index in [4.69, 9.17) is 28.4 Å². The molecule has 3 heterocycles. The molecule has 0 aromatic heterocycles. The second-order valence-electron chi connectivity index (χ2n) is 8.58. The molecule has 31 heavy (non-hydrogen) atoms. The molecule has 3 saturated heterocycles. The number of fused-ring (bicyclic) bond motifs is 3. The maximum Gasteiger partial charge on any atom is 0.252 e. The molecule has 10 heteroatoms. The maximum absolute atomic E-state index is 12.9. The SMILES string of the molecule is COc1ccc(NC(=O)CNC(=O)C2O[C@@H]3OC(C)(C)O[C@@H]3[C@H]3OC(C)(C)O[C@@H]23)cc1. The first-order valence-corrected chi connectivity index (χ1v) is 10.2. The van der Waals surface area contributed by atoms with Gasteiger partial charge in [0.2, 0.25) is 5.91 Å². The fourth-order valence-electron chi connectivity index (χ4n) is 3.97. The highest BCUT2D eigenvalue weighted by molar-refractivity contribution is 5.95. The number of anilines is 1. The summed E-state index contributed by atoms with van der Waals surface area (Å²) in [5, 5.41) is 5.31. The van der Waals surface area contributed by atoms with Gasteiger partial charge in [0.25, 0.3) is 5.91 Å². The van der Waals surface area contributed by atoms with Crippen LogP contribution in [0.4, 0.5) is 5.69 Å². The maximum atomic E-state index is 12.9. The van der Waals surface area contributed by atoms with Gasteiger partial charge in [-0.05, 0) is 52.0 Å². The van der Waals surface area contributed by atoms with Crippen molar-refractivity contribution >= 4 is 17.5 Å². The van der Waals surface area contributed by atoms with Crippen molar-refractivity contribution in [2.75, 3.05) is 19.0 Å². The summed E-state index contributed by atoms with van der Waals surface area (Å²) in [5.74, 6) is -1.98. The van der Waals surface area contributed by atoms with Gasteiger partial charge in [0.15, 0.2) is 24.0 Å². The Morgan fingerprint density at radius 2 is 1.55 bits per heavy atom. The number of nitrogens with one attached hydrogen (secondary N) is 2. The van der Waals surface area contributed by atoms with Crippen molar-refractivity contribution in [2.24, 2.45) is 0 Å². The number of methoxy groups -OCH3 is 1. The summed E-state index contributed by atoms with van der Waals surface area (Å²) < 4.78 is 34.6. The normalized spacial score (nSPS) is 32.6. The van der Waals surface area contributed by atoms with Crippen LogP contribution < -0.4 is 15.4 Å². The molecule has 1 aromatic rings. The molecule has 0 spiro atoms. The predicted molar refractivity (Wildman–Crippen MR) is 107 cm³/mol. The molecule has 0 radical (unpaired) electrons. The summed E-state index contributed by atoms with van der Waals surface area (Å²) in [5.41, 5.74) is 0.588. The first kappa shape index (κ1) is 22.0. The molecule has 10 nitrogen and oxygen atoms in total. The van der Waals surface area contributed by atoms with Crippen molar-refractivity contribution in [3.05, 3.63) is 24.3 Å². The first-order valence-electron chi connectivity index (χ1n) is 10.2. The van der Waals surface area contributed by atoms with Crippen molar-refractivity contribution in [3.8, 4) is 5.75 Å². The summed E-state index contributed by atoms with van der Waals surface area (Å²) in [6.07, 6.45) is -3.56. The molecule has 4 rings (SSSR count). The van der Waals surface area contributed by atoms with Crippen molar-refractivity contribution in [1.82, 2.24) is 5.32 Å². The second kappa shape index (κ2) is 8.03. The third kappa shape index (κ3) is 4.68. The van der Waals surface area contributed by atoms with Crippen LogP contribution in [0.2, 0.25) is 0 Å². The fraction of sp³-hybridized carbons (Fsp3) is 0.619. The molecule has 5 atom stereocenters. The number of ether oxygens (including phenoxy) is 6. The Hall–Kier alpha value is -2.24. The smallest absolute Gasteiger partial charge is 0.252 e. The van der Waals surface area contributed by atoms with E-state index in [9.17, 15) is 9.59 Å². The Bertz CT molecular complexity index is 840. The lowest BCUT2D eigenvalue weighted by Crippen LogP contribution is -2.59. The Kier molecular flexibility index (Phi) is 5.69. The summed E-state index contributed by atoms with van der Waals surface area (Å²) in [7, 11) is 1.56. The summed E-state index contributed by atoms with van der Waals surface area (Å²) in [6, 6.07) is 6.87. The van der Waals surface area contributed by atoms with Crippen LogP contribution in [0.5, 0.6) is 5.75 Å². The van der Waals surface area contributed by atoms with Gasteiger partial charge in [-0.2, -0.15) is 0 Å². The van der Waals surface area contributed by atoms with Gasteiger partial charge in [0.05, 0.1) is 13.7 Å². The van der Waals surface area contributed by atoms with Gasteiger partial charge in [-0.1, -0.05) is 0 Å². The lowest BCUT2D eigenvalue weighted by atomic mass is 9.98. The molecular formula is C21H28N2O8. The number of rotatable bonds is 5. The quantitative estimate of drug-likeness (QED) is 0.707. The van der Waals surface area contributed by atoms with Gasteiger partial charge in [0, 0.05) is 5.69 Å². The highest BCUT2D eigenvalue weighted by atomic mass is 16.9. The summed E-state index contributed by atoms with van der Waals surface area (Å²) in [6.45, 7) is 6.83. The predicted octanol–water partition coefficient (Wildman–Crippen LogP) is 1.15. The molecule has 170 valence electrons. The standard InChI is InChI=1S/C21H28N2O8/c1-20(2)28-14-15(29-20)17-19(31-21(3,4)30-17)27-16(14)18(25)22-10-13(24)23-11-6-8-12(26-5)9-7-11/h6-9,14-17,19H,10H2,1-5H3,(H,22,25)(H,23,24)/t14-,15+,16?,17-,19-/m1/s1. The summed E-state index contributed by atoms with van der Waals surface area (Å²) in [4.78, 5) is 25.1. The van der Waals surface area contributed by atoms with Crippen LogP contribution in [0.15, 0.2) is 24.3 Å². The van der Waals surface area contributed by atoms with E-state index >= 15 is 0 Å². The average molecular weight is 436 g/mol. The largest absolute Gasteiger partial charge is 0.497 e. The zero-order chi connectivity index (χ0) is 22.4. The van der Waals surface area contributed by atoms with Crippen LogP contribution in [0, 0.1) is 0 Å². The molecule has 0 saturated carbocycles. The lowest BCUT2D eigenvalue weighted by Gasteiger charge is -2.36. The topological polar surface area (TPSA) is 114 Å². The molecular weight excluding hydrogens is 408 g/mol. The molecule has 2 amide bonds.